The third-order valence-corrected chi connectivity index (χ3v) is 4.97. The van der Waals surface area contributed by atoms with Crippen molar-refractivity contribution < 1.29 is 2.74 Å². The molecule has 1 aliphatic rings. The molecule has 0 unspecified atom stereocenters. The molecule has 1 aliphatic heterocycles. The van der Waals surface area contributed by atoms with Crippen LogP contribution in [-0.2, 0) is 6.37 Å². The predicted molar refractivity (Wildman–Crippen MR) is 121 cm³/mol. The molecule has 0 radical (unpaired) electrons. The van der Waals surface area contributed by atoms with E-state index in [9.17, 15) is 0 Å². The number of aromatic nitrogens is 1. The molecule has 1 N–H and O–H groups in total. The minimum atomic E-state index is -1.47. The van der Waals surface area contributed by atoms with Crippen molar-refractivity contribution in [2.45, 2.75) is 41.0 Å². The first-order valence-electron chi connectivity index (χ1n) is 10.8. The quantitative estimate of drug-likeness (QED) is 0.638. The number of pyridine rings is 1. The van der Waals surface area contributed by atoms with Crippen LogP contribution in [0, 0.1) is 19.3 Å². The largest absolute Gasteiger partial charge is 0.432 e. The number of anilines is 3. The smallest absolute Gasteiger partial charge is 0.402 e. The number of hydrogen-bond acceptors (Lipinski definition) is 3. The Labute approximate surface area is 171 Å². The van der Waals surface area contributed by atoms with Gasteiger partial charge in [-0.1, -0.05) is 51.1 Å². The first kappa shape index (κ1) is 16.2. The Morgan fingerprint density at radius 2 is 1.75 bits per heavy atom. The Hall–Kier alpha value is -2.75. The van der Waals surface area contributed by atoms with Crippen molar-refractivity contribution in [2.75, 3.05) is 10.0 Å². The highest BCUT2D eigenvalue weighted by Crippen LogP contribution is 2.41. The van der Waals surface area contributed by atoms with Crippen LogP contribution in [0.2, 0.25) is 0 Å². The van der Waals surface area contributed by atoms with Crippen molar-refractivity contribution in [3.05, 3.63) is 77.5 Å². The Kier molecular flexibility index (Phi) is 4.06. The van der Waals surface area contributed by atoms with Crippen LogP contribution >= 0.6 is 0 Å². The molecule has 142 valence electrons. The Morgan fingerprint density at radius 1 is 1.04 bits per heavy atom. The van der Waals surface area contributed by atoms with E-state index in [4.69, 9.17) is 2.74 Å². The molecule has 0 spiro atoms. The van der Waals surface area contributed by atoms with Gasteiger partial charge in [0.2, 0.25) is 0 Å². The molecule has 4 rings (SSSR count). The predicted octanol–water partition coefficient (Wildman–Crippen LogP) is 5.25. The summed E-state index contributed by atoms with van der Waals surface area (Å²) in [5.41, 5.74) is 6.63. The monoisotopic (exact) mass is 371 g/mol. The fourth-order valence-corrected chi connectivity index (χ4v) is 3.91. The lowest BCUT2D eigenvalue weighted by Gasteiger charge is -2.28. The molecule has 0 bridgehead atoms. The maximum absolute atomic E-state index is 8.70. The molecule has 4 heteroatoms. The van der Waals surface area contributed by atoms with E-state index in [0.717, 1.165) is 22.7 Å². The zero-order chi connectivity index (χ0) is 21.7. The van der Waals surface area contributed by atoms with Crippen molar-refractivity contribution in [1.82, 2.24) is 4.98 Å². The number of benzene rings is 2. The van der Waals surface area contributed by atoms with Crippen molar-refractivity contribution in [3.8, 4) is 0 Å². The van der Waals surface area contributed by atoms with E-state index in [1.165, 1.54) is 11.1 Å². The van der Waals surface area contributed by atoms with Crippen LogP contribution in [-0.4, -0.2) is 12.0 Å². The van der Waals surface area contributed by atoms with Gasteiger partial charge < -0.3 is 10.0 Å². The molecule has 3 nitrogen and oxygen atoms in total. The maximum Gasteiger partial charge on any atom is 0.432 e. The Bertz CT molecular complexity index is 1070. The number of para-hydroxylation sites is 3. The number of nitrogens with zero attached hydrogens (tertiary/aromatic N) is 2. The summed E-state index contributed by atoms with van der Waals surface area (Å²) in [6.45, 7) is 9.84. The zero-order valence-corrected chi connectivity index (χ0v) is 17.2. The number of aryl methyl sites for hydroxylation is 2. The third-order valence-electron chi connectivity index (χ3n) is 4.97. The number of rotatable bonds is 3. The van der Waals surface area contributed by atoms with Crippen molar-refractivity contribution in [3.63, 3.8) is 0 Å². The Morgan fingerprint density at radius 3 is 2.46 bits per heavy atom. The summed E-state index contributed by atoms with van der Waals surface area (Å²) in [4.78, 5) is 6.95. The van der Waals surface area contributed by atoms with Crippen LogP contribution in [0.15, 0.2) is 60.8 Å². The molecular formula is C24H28BN3. The minimum absolute atomic E-state index is 0.210. The normalized spacial score (nSPS) is 15.0. The standard InChI is InChI=1S/C24H28BN3/c1-17-9-8-10-18(2)23(17)28-21-12-7-6-11-20(21)27-25(28)22-15-19(13-14-26-22)16-24(3,4)5/h6-15,27H,16H2,1-5H3/i16D2. The average Bonchev–Trinajstić information content (AvgIpc) is 3.07. The third kappa shape index (κ3) is 3.51. The molecule has 2 heterocycles. The van der Waals surface area contributed by atoms with E-state index in [1.807, 2.05) is 39.0 Å². The number of nitrogens with one attached hydrogen (secondary N) is 1. The van der Waals surface area contributed by atoms with Gasteiger partial charge in [0.15, 0.2) is 0 Å². The molecule has 0 aliphatic carbocycles. The van der Waals surface area contributed by atoms with Crippen molar-refractivity contribution in [1.29, 1.82) is 0 Å². The highest BCUT2D eigenvalue weighted by Gasteiger charge is 2.38. The summed E-state index contributed by atoms with van der Waals surface area (Å²) in [6.07, 6.45) is 0.251. The lowest BCUT2D eigenvalue weighted by Crippen LogP contribution is -2.50. The van der Waals surface area contributed by atoms with Gasteiger partial charge in [0.05, 0.1) is 11.3 Å². The molecule has 0 fully saturated rings. The highest BCUT2D eigenvalue weighted by atomic mass is 15.2. The molecule has 2 aromatic carbocycles. The van der Waals surface area contributed by atoms with Crippen LogP contribution in [0.5, 0.6) is 0 Å². The molecule has 0 saturated heterocycles. The van der Waals surface area contributed by atoms with Gasteiger partial charge in [-0.05, 0) is 66.6 Å². The van der Waals surface area contributed by atoms with Gasteiger partial charge in [-0.2, -0.15) is 0 Å². The zero-order valence-electron chi connectivity index (χ0n) is 19.2. The summed E-state index contributed by atoms with van der Waals surface area (Å²) in [7, 11) is 0. The molecule has 0 atom stereocenters. The second kappa shape index (κ2) is 7.01. The molecule has 28 heavy (non-hydrogen) atoms. The van der Waals surface area contributed by atoms with Gasteiger partial charge in [-0.25, -0.2) is 0 Å². The molecular weight excluding hydrogens is 341 g/mol. The molecule has 3 aromatic rings. The summed E-state index contributed by atoms with van der Waals surface area (Å²) in [5, 5.41) is 3.61. The topological polar surface area (TPSA) is 28.2 Å². The van der Waals surface area contributed by atoms with E-state index in [2.05, 4.69) is 59.2 Å². The van der Waals surface area contributed by atoms with E-state index in [1.54, 1.807) is 12.3 Å². The van der Waals surface area contributed by atoms with E-state index in [0.29, 0.717) is 5.56 Å². The van der Waals surface area contributed by atoms with Gasteiger partial charge >= 0.3 is 6.98 Å². The van der Waals surface area contributed by atoms with Crippen LogP contribution < -0.4 is 15.6 Å². The number of hydrogen-bond donors (Lipinski definition) is 1. The van der Waals surface area contributed by atoms with Gasteiger partial charge in [0.1, 0.15) is 0 Å². The summed E-state index contributed by atoms with van der Waals surface area (Å²) in [6, 6.07) is 18.3. The van der Waals surface area contributed by atoms with E-state index in [-0.39, 0.29) is 6.98 Å². The average molecular weight is 371 g/mol. The SMILES string of the molecule is [2H]C([2H])(c1ccnc(B2Nc3ccccc3N2c2c(C)cccc2C)c1)C(C)(C)C. The molecule has 0 amide bonds. The van der Waals surface area contributed by atoms with Crippen LogP contribution in [0.3, 0.4) is 0 Å². The highest BCUT2D eigenvalue weighted by molar-refractivity contribution is 6.82. The second-order valence-corrected chi connectivity index (χ2v) is 8.52. The van der Waals surface area contributed by atoms with Gasteiger partial charge in [0.25, 0.3) is 0 Å². The van der Waals surface area contributed by atoms with Gasteiger partial charge in [-0.3, -0.25) is 4.98 Å². The van der Waals surface area contributed by atoms with E-state index < -0.39 is 11.8 Å². The van der Waals surface area contributed by atoms with Crippen molar-refractivity contribution in [2.24, 2.45) is 5.41 Å². The maximum atomic E-state index is 8.70. The minimum Gasteiger partial charge on any atom is -0.402 e. The molecule has 0 saturated carbocycles. The summed E-state index contributed by atoms with van der Waals surface area (Å²) < 4.78 is 17.4. The van der Waals surface area contributed by atoms with Crippen LogP contribution in [0.4, 0.5) is 17.1 Å². The van der Waals surface area contributed by atoms with Gasteiger partial charge in [-0.15, -0.1) is 0 Å². The summed E-state index contributed by atoms with van der Waals surface area (Å²) >= 11 is 0. The van der Waals surface area contributed by atoms with Crippen LogP contribution in [0.1, 0.15) is 40.2 Å². The lowest BCUT2D eigenvalue weighted by atomic mass is 9.69. The second-order valence-electron chi connectivity index (χ2n) is 8.52. The first-order valence-corrected chi connectivity index (χ1v) is 9.79. The first-order chi connectivity index (χ1) is 14.1. The summed E-state index contributed by atoms with van der Waals surface area (Å²) in [5.74, 6) is 0. The van der Waals surface area contributed by atoms with Gasteiger partial charge in [0, 0.05) is 20.3 Å². The van der Waals surface area contributed by atoms with Crippen molar-refractivity contribution >= 4 is 29.6 Å². The number of fused-ring (bicyclic) bond motifs is 1. The van der Waals surface area contributed by atoms with E-state index >= 15 is 0 Å². The molecule has 1 aromatic heterocycles. The fourth-order valence-electron chi connectivity index (χ4n) is 3.91. The lowest BCUT2D eigenvalue weighted by molar-refractivity contribution is 0.411. The Balaban J connectivity index is 1.86. The fraction of sp³-hybridized carbons (Fsp3) is 0.292. The van der Waals surface area contributed by atoms with Crippen LogP contribution in [0.25, 0.3) is 0 Å².